The number of H-pyrrole nitrogens is 1. The van der Waals surface area contributed by atoms with E-state index >= 15 is 0 Å². The molecule has 0 spiro atoms. The van der Waals surface area contributed by atoms with Crippen LogP contribution in [0.2, 0.25) is 0 Å². The van der Waals surface area contributed by atoms with Crippen molar-refractivity contribution < 1.29 is 0 Å². The maximum absolute atomic E-state index is 11.9. The lowest BCUT2D eigenvalue weighted by molar-refractivity contribution is 0.717. The van der Waals surface area contributed by atoms with Crippen LogP contribution in [-0.2, 0) is 0 Å². The van der Waals surface area contributed by atoms with Crippen LogP contribution >= 0.6 is 12.2 Å². The summed E-state index contributed by atoms with van der Waals surface area (Å²) in [5.41, 5.74) is 1.67. The summed E-state index contributed by atoms with van der Waals surface area (Å²) >= 11 is 5.01. The van der Waals surface area contributed by atoms with Crippen LogP contribution in [0.1, 0.15) is 18.2 Å². The highest BCUT2D eigenvalue weighted by molar-refractivity contribution is 7.71. The number of nitrogens with zero attached hydrogens (tertiary/aromatic N) is 3. The van der Waals surface area contributed by atoms with Gasteiger partial charge in [-0.05, 0) is 31.6 Å². The highest BCUT2D eigenvalue weighted by Crippen LogP contribution is 2.01. The predicted molar refractivity (Wildman–Crippen MR) is 72.5 cm³/mol. The molecule has 1 aromatic carbocycles. The summed E-state index contributed by atoms with van der Waals surface area (Å²) in [6.07, 6.45) is 0. The summed E-state index contributed by atoms with van der Waals surface area (Å²) in [7, 11) is 0. The highest BCUT2D eigenvalue weighted by atomic mass is 32.1. The molecule has 2 aromatic rings. The average molecular weight is 260 g/mol. The second-order valence-electron chi connectivity index (χ2n) is 3.78. The van der Waals surface area contributed by atoms with E-state index in [0.717, 1.165) is 10.2 Å². The number of aromatic nitrogens is 3. The van der Waals surface area contributed by atoms with Crippen molar-refractivity contribution in [1.82, 2.24) is 14.9 Å². The van der Waals surface area contributed by atoms with Crippen molar-refractivity contribution in [2.75, 3.05) is 0 Å². The van der Waals surface area contributed by atoms with Crippen LogP contribution in [0.15, 0.2) is 40.2 Å². The average Bonchev–Trinajstić information content (AvgIpc) is 2.40. The standard InChI is InChI=1S/C12H12N4OS/c1-8(10-6-4-3-5-7-10)15-16-11(17)9(2)13-14-12(16)18/h3-7H,1-2H3,(H,14,18)/b15-8-. The van der Waals surface area contributed by atoms with Crippen LogP contribution in [0.4, 0.5) is 0 Å². The van der Waals surface area contributed by atoms with Gasteiger partial charge in [-0.1, -0.05) is 30.3 Å². The zero-order valence-corrected chi connectivity index (χ0v) is 10.9. The van der Waals surface area contributed by atoms with Crippen molar-refractivity contribution in [2.45, 2.75) is 13.8 Å². The Morgan fingerprint density at radius 1 is 1.39 bits per heavy atom. The van der Waals surface area contributed by atoms with Gasteiger partial charge in [-0.25, -0.2) is 0 Å². The van der Waals surface area contributed by atoms with Gasteiger partial charge in [0.2, 0.25) is 4.77 Å². The number of hydrogen-bond acceptors (Lipinski definition) is 4. The molecule has 0 aliphatic heterocycles. The number of nitrogens with one attached hydrogen (secondary N) is 1. The Kier molecular flexibility index (Phi) is 3.47. The first-order valence-corrected chi connectivity index (χ1v) is 5.80. The summed E-state index contributed by atoms with van der Waals surface area (Å²) in [5, 5.41) is 10.6. The Balaban J connectivity index is 2.56. The minimum absolute atomic E-state index is 0.181. The minimum atomic E-state index is -0.311. The molecule has 0 atom stereocenters. The molecule has 0 aliphatic carbocycles. The monoisotopic (exact) mass is 260 g/mol. The SMILES string of the molecule is C/C(=N/n1c(=S)[nH]nc(C)c1=O)c1ccccc1. The Morgan fingerprint density at radius 3 is 2.72 bits per heavy atom. The lowest BCUT2D eigenvalue weighted by Crippen LogP contribution is -2.23. The molecule has 1 heterocycles. The molecule has 0 fully saturated rings. The van der Waals surface area contributed by atoms with Crippen LogP contribution in [0.5, 0.6) is 0 Å². The summed E-state index contributed by atoms with van der Waals surface area (Å²) in [6.45, 7) is 3.43. The van der Waals surface area contributed by atoms with Crippen molar-refractivity contribution >= 4 is 17.9 Å². The molecule has 1 aromatic heterocycles. The number of aryl methyl sites for hydroxylation is 1. The molecule has 0 amide bonds. The van der Waals surface area contributed by atoms with Crippen molar-refractivity contribution in [3.05, 3.63) is 56.7 Å². The van der Waals surface area contributed by atoms with Gasteiger partial charge in [-0.3, -0.25) is 9.89 Å². The zero-order valence-electron chi connectivity index (χ0n) is 10.0. The summed E-state index contributed by atoms with van der Waals surface area (Å²) in [5.74, 6) is 0. The van der Waals surface area contributed by atoms with Gasteiger partial charge in [0.05, 0.1) is 5.71 Å². The molecule has 0 unspecified atom stereocenters. The van der Waals surface area contributed by atoms with Gasteiger partial charge < -0.3 is 0 Å². The lowest BCUT2D eigenvalue weighted by Gasteiger charge is -2.03. The topological polar surface area (TPSA) is 63.0 Å². The lowest BCUT2D eigenvalue weighted by atomic mass is 10.1. The third-order valence-corrected chi connectivity index (χ3v) is 2.72. The predicted octanol–water partition coefficient (Wildman–Crippen LogP) is 1.88. The molecular weight excluding hydrogens is 248 g/mol. The van der Waals surface area contributed by atoms with E-state index in [0.29, 0.717) is 11.4 Å². The molecule has 6 heteroatoms. The smallest absolute Gasteiger partial charge is 0.265 e. The molecule has 1 N–H and O–H groups in total. The van der Waals surface area contributed by atoms with Gasteiger partial charge in [0.1, 0.15) is 5.69 Å². The second kappa shape index (κ2) is 5.05. The molecule has 18 heavy (non-hydrogen) atoms. The van der Waals surface area contributed by atoms with Crippen LogP contribution < -0.4 is 5.56 Å². The Hall–Kier alpha value is -2.08. The molecule has 0 saturated heterocycles. The van der Waals surface area contributed by atoms with Gasteiger partial charge in [0.15, 0.2) is 0 Å². The van der Waals surface area contributed by atoms with E-state index in [1.54, 1.807) is 6.92 Å². The fraction of sp³-hybridized carbons (Fsp3) is 0.167. The molecular formula is C12H12N4OS. The van der Waals surface area contributed by atoms with E-state index in [2.05, 4.69) is 15.3 Å². The number of benzene rings is 1. The maximum atomic E-state index is 11.9. The minimum Gasteiger partial charge on any atom is -0.265 e. The van der Waals surface area contributed by atoms with E-state index < -0.39 is 0 Å². The first-order valence-electron chi connectivity index (χ1n) is 5.39. The molecule has 5 nitrogen and oxygen atoms in total. The van der Waals surface area contributed by atoms with E-state index in [-0.39, 0.29) is 10.3 Å². The quantitative estimate of drug-likeness (QED) is 0.662. The van der Waals surface area contributed by atoms with E-state index in [1.807, 2.05) is 37.3 Å². The largest absolute Gasteiger partial charge is 0.296 e. The van der Waals surface area contributed by atoms with Crippen LogP contribution in [0.25, 0.3) is 0 Å². The van der Waals surface area contributed by atoms with Gasteiger partial charge in [0.25, 0.3) is 5.56 Å². The third kappa shape index (κ3) is 2.43. The number of hydrogen-bond donors (Lipinski definition) is 1. The Morgan fingerprint density at radius 2 is 2.06 bits per heavy atom. The van der Waals surface area contributed by atoms with Crippen molar-refractivity contribution in [2.24, 2.45) is 5.10 Å². The Labute approximate surface area is 109 Å². The molecule has 92 valence electrons. The van der Waals surface area contributed by atoms with Crippen molar-refractivity contribution in [3.63, 3.8) is 0 Å². The summed E-state index contributed by atoms with van der Waals surface area (Å²) in [6, 6.07) is 9.59. The fourth-order valence-electron chi connectivity index (χ4n) is 1.45. The fourth-order valence-corrected chi connectivity index (χ4v) is 1.62. The third-order valence-electron chi connectivity index (χ3n) is 2.46. The summed E-state index contributed by atoms with van der Waals surface area (Å²) < 4.78 is 1.33. The van der Waals surface area contributed by atoms with Crippen molar-refractivity contribution in [3.8, 4) is 0 Å². The molecule has 0 radical (unpaired) electrons. The van der Waals surface area contributed by atoms with E-state index in [9.17, 15) is 4.79 Å². The van der Waals surface area contributed by atoms with Crippen molar-refractivity contribution in [1.29, 1.82) is 0 Å². The van der Waals surface area contributed by atoms with Crippen LogP contribution in [-0.4, -0.2) is 20.6 Å². The molecule has 0 aliphatic rings. The molecule has 0 saturated carbocycles. The Bertz CT molecular complexity index is 700. The first-order chi connectivity index (χ1) is 8.59. The zero-order chi connectivity index (χ0) is 13.1. The van der Waals surface area contributed by atoms with Gasteiger partial charge in [-0.15, -0.1) is 0 Å². The maximum Gasteiger partial charge on any atom is 0.296 e. The van der Waals surface area contributed by atoms with Gasteiger partial charge >= 0.3 is 0 Å². The number of rotatable bonds is 2. The normalized spacial score (nSPS) is 11.6. The first kappa shape index (κ1) is 12.4. The van der Waals surface area contributed by atoms with E-state index in [1.165, 1.54) is 0 Å². The second-order valence-corrected chi connectivity index (χ2v) is 4.17. The van der Waals surface area contributed by atoms with E-state index in [4.69, 9.17) is 12.2 Å². The van der Waals surface area contributed by atoms with Crippen LogP contribution in [0.3, 0.4) is 0 Å². The molecule has 0 bridgehead atoms. The highest BCUT2D eigenvalue weighted by Gasteiger charge is 2.03. The van der Waals surface area contributed by atoms with Gasteiger partial charge in [0, 0.05) is 0 Å². The van der Waals surface area contributed by atoms with Crippen LogP contribution in [0, 0.1) is 11.7 Å². The van der Waals surface area contributed by atoms with Gasteiger partial charge in [-0.2, -0.15) is 14.9 Å². The summed E-state index contributed by atoms with van der Waals surface area (Å²) in [4.78, 5) is 11.9. The molecule has 2 rings (SSSR count). The number of aromatic amines is 1.